The molecule has 2 fully saturated rings. The summed E-state index contributed by atoms with van der Waals surface area (Å²) >= 11 is 1.88. The first kappa shape index (κ1) is 15.7. The molecule has 1 atom stereocenters. The Labute approximate surface area is 137 Å². The summed E-state index contributed by atoms with van der Waals surface area (Å²) in [6.07, 6.45) is 6.10. The number of aryl methyl sites for hydroxylation is 2. The molecule has 0 bridgehead atoms. The Morgan fingerprint density at radius 3 is 2.73 bits per heavy atom. The summed E-state index contributed by atoms with van der Waals surface area (Å²) in [4.78, 5) is 14.7. The Morgan fingerprint density at radius 2 is 2.00 bits per heavy atom. The lowest BCUT2D eigenvalue weighted by Gasteiger charge is -2.29. The molecule has 0 aromatic heterocycles. The van der Waals surface area contributed by atoms with Crippen LogP contribution in [0.5, 0.6) is 0 Å². The minimum Gasteiger partial charge on any atom is -0.335 e. The van der Waals surface area contributed by atoms with Crippen molar-refractivity contribution in [3.8, 4) is 0 Å². The van der Waals surface area contributed by atoms with Gasteiger partial charge in [0.15, 0.2) is 0 Å². The van der Waals surface area contributed by atoms with Gasteiger partial charge < -0.3 is 10.2 Å². The number of thioether (sulfide) groups is 1. The second-order valence-electron chi connectivity index (χ2n) is 6.56. The van der Waals surface area contributed by atoms with E-state index in [9.17, 15) is 4.79 Å². The number of carbonyl (C=O) groups excluding carboxylic acids is 1. The lowest BCUT2D eigenvalue weighted by Crippen LogP contribution is -2.45. The van der Waals surface area contributed by atoms with Crippen molar-refractivity contribution in [2.75, 3.05) is 12.3 Å². The van der Waals surface area contributed by atoms with E-state index in [4.69, 9.17) is 0 Å². The second kappa shape index (κ2) is 6.95. The van der Waals surface area contributed by atoms with Gasteiger partial charge in [0.05, 0.1) is 0 Å². The Hall–Kier alpha value is -1.16. The zero-order valence-electron chi connectivity index (χ0n) is 13.6. The lowest BCUT2D eigenvalue weighted by atomic mass is 9.96. The van der Waals surface area contributed by atoms with Crippen LogP contribution in [0, 0.1) is 13.8 Å². The molecule has 3 rings (SSSR count). The van der Waals surface area contributed by atoms with Crippen molar-refractivity contribution in [3.63, 3.8) is 0 Å². The summed E-state index contributed by atoms with van der Waals surface area (Å²) in [7, 11) is 0. The number of rotatable bonds is 2. The molecule has 2 aliphatic rings. The molecular weight excluding hydrogens is 292 g/mol. The van der Waals surface area contributed by atoms with Gasteiger partial charge in [-0.1, -0.05) is 43.0 Å². The van der Waals surface area contributed by atoms with E-state index in [2.05, 4.69) is 37.4 Å². The molecule has 2 amide bonds. The molecule has 1 saturated heterocycles. The van der Waals surface area contributed by atoms with Crippen LogP contribution in [-0.2, 0) is 0 Å². The molecular formula is C18H26N2OS. The first-order valence-electron chi connectivity index (χ1n) is 8.41. The van der Waals surface area contributed by atoms with Crippen LogP contribution in [0.4, 0.5) is 4.79 Å². The van der Waals surface area contributed by atoms with Crippen LogP contribution < -0.4 is 5.32 Å². The van der Waals surface area contributed by atoms with Gasteiger partial charge in [0, 0.05) is 18.3 Å². The monoisotopic (exact) mass is 318 g/mol. The van der Waals surface area contributed by atoms with E-state index in [1.54, 1.807) is 0 Å². The van der Waals surface area contributed by atoms with Crippen molar-refractivity contribution in [2.24, 2.45) is 0 Å². The van der Waals surface area contributed by atoms with Gasteiger partial charge in [-0.3, -0.25) is 0 Å². The fourth-order valence-corrected chi connectivity index (χ4v) is 4.89. The topological polar surface area (TPSA) is 32.3 Å². The average molecular weight is 318 g/mol. The molecule has 1 aliphatic carbocycles. The fourth-order valence-electron chi connectivity index (χ4n) is 3.54. The zero-order chi connectivity index (χ0) is 15.5. The molecule has 0 radical (unpaired) electrons. The van der Waals surface area contributed by atoms with Gasteiger partial charge in [-0.25, -0.2) is 4.79 Å². The normalized spacial score (nSPS) is 22.8. The summed E-state index contributed by atoms with van der Waals surface area (Å²) in [5.41, 5.74) is 3.85. The average Bonchev–Trinajstić information content (AvgIpc) is 2.97. The van der Waals surface area contributed by atoms with E-state index in [-0.39, 0.29) is 11.4 Å². The van der Waals surface area contributed by atoms with Crippen LogP contribution in [0.3, 0.4) is 0 Å². The standard InChI is InChI=1S/C18H26N2OS/c1-13-8-9-16(14(2)12-13)17-20(10-11-22-17)18(21)19-15-6-4-3-5-7-15/h8-9,12,15,17H,3-7,10-11H2,1-2H3,(H,19,21). The van der Waals surface area contributed by atoms with E-state index in [1.807, 2.05) is 16.7 Å². The van der Waals surface area contributed by atoms with Gasteiger partial charge >= 0.3 is 6.03 Å². The quantitative estimate of drug-likeness (QED) is 0.877. The highest BCUT2D eigenvalue weighted by molar-refractivity contribution is 7.99. The molecule has 1 aliphatic heterocycles. The maximum atomic E-state index is 12.7. The van der Waals surface area contributed by atoms with E-state index >= 15 is 0 Å². The molecule has 3 nitrogen and oxygen atoms in total. The summed E-state index contributed by atoms with van der Waals surface area (Å²) in [6, 6.07) is 7.06. The first-order chi connectivity index (χ1) is 10.6. The number of hydrogen-bond donors (Lipinski definition) is 1. The van der Waals surface area contributed by atoms with Crippen molar-refractivity contribution in [2.45, 2.75) is 57.4 Å². The highest BCUT2D eigenvalue weighted by atomic mass is 32.2. The van der Waals surface area contributed by atoms with Gasteiger partial charge in [0.2, 0.25) is 0 Å². The van der Waals surface area contributed by atoms with Crippen molar-refractivity contribution >= 4 is 17.8 Å². The number of amides is 2. The van der Waals surface area contributed by atoms with Crippen molar-refractivity contribution in [3.05, 3.63) is 34.9 Å². The van der Waals surface area contributed by atoms with Crippen LogP contribution >= 0.6 is 11.8 Å². The summed E-state index contributed by atoms with van der Waals surface area (Å²) in [6.45, 7) is 5.12. The number of hydrogen-bond acceptors (Lipinski definition) is 2. The number of nitrogens with one attached hydrogen (secondary N) is 1. The predicted molar refractivity (Wildman–Crippen MR) is 93.2 cm³/mol. The number of carbonyl (C=O) groups is 1. The number of nitrogens with zero attached hydrogens (tertiary/aromatic N) is 1. The Kier molecular flexibility index (Phi) is 4.97. The van der Waals surface area contributed by atoms with Crippen LogP contribution in [-0.4, -0.2) is 29.3 Å². The molecule has 22 heavy (non-hydrogen) atoms. The van der Waals surface area contributed by atoms with E-state index in [0.29, 0.717) is 6.04 Å². The first-order valence-corrected chi connectivity index (χ1v) is 9.46. The maximum Gasteiger partial charge on any atom is 0.318 e. The van der Waals surface area contributed by atoms with Gasteiger partial charge in [-0.05, 0) is 37.8 Å². The highest BCUT2D eigenvalue weighted by Crippen LogP contribution is 2.39. The van der Waals surface area contributed by atoms with E-state index < -0.39 is 0 Å². The lowest BCUT2D eigenvalue weighted by molar-refractivity contribution is 0.192. The molecule has 1 unspecified atom stereocenters. The third-order valence-electron chi connectivity index (χ3n) is 4.78. The van der Waals surface area contributed by atoms with Crippen molar-refractivity contribution < 1.29 is 4.79 Å². The molecule has 1 heterocycles. The summed E-state index contributed by atoms with van der Waals surface area (Å²) < 4.78 is 0. The number of urea groups is 1. The third-order valence-corrected chi connectivity index (χ3v) is 6.02. The van der Waals surface area contributed by atoms with Crippen LogP contribution in [0.2, 0.25) is 0 Å². The van der Waals surface area contributed by atoms with E-state index in [0.717, 1.165) is 25.1 Å². The Bertz CT molecular complexity index is 540. The molecule has 1 N–H and O–H groups in total. The molecule has 4 heteroatoms. The Morgan fingerprint density at radius 1 is 1.23 bits per heavy atom. The summed E-state index contributed by atoms with van der Waals surface area (Å²) in [5.74, 6) is 1.02. The largest absolute Gasteiger partial charge is 0.335 e. The molecule has 1 saturated carbocycles. The molecule has 1 aromatic carbocycles. The van der Waals surface area contributed by atoms with Gasteiger partial charge in [-0.15, -0.1) is 11.8 Å². The zero-order valence-corrected chi connectivity index (χ0v) is 14.4. The van der Waals surface area contributed by atoms with Crippen molar-refractivity contribution in [1.82, 2.24) is 10.2 Å². The third kappa shape index (κ3) is 3.43. The van der Waals surface area contributed by atoms with Gasteiger partial charge in [0.1, 0.15) is 5.37 Å². The van der Waals surface area contributed by atoms with Crippen molar-refractivity contribution in [1.29, 1.82) is 0 Å². The number of benzene rings is 1. The van der Waals surface area contributed by atoms with Crippen LogP contribution in [0.25, 0.3) is 0 Å². The highest BCUT2D eigenvalue weighted by Gasteiger charge is 2.32. The van der Waals surface area contributed by atoms with Crippen LogP contribution in [0.1, 0.15) is 54.2 Å². The second-order valence-corrected chi connectivity index (χ2v) is 7.75. The van der Waals surface area contributed by atoms with Crippen LogP contribution in [0.15, 0.2) is 18.2 Å². The fraction of sp³-hybridized carbons (Fsp3) is 0.611. The molecule has 120 valence electrons. The molecule has 1 aromatic rings. The summed E-state index contributed by atoms with van der Waals surface area (Å²) in [5, 5.41) is 3.44. The maximum absolute atomic E-state index is 12.7. The smallest absolute Gasteiger partial charge is 0.318 e. The van der Waals surface area contributed by atoms with Gasteiger partial charge in [-0.2, -0.15) is 0 Å². The minimum atomic E-state index is 0.127. The predicted octanol–water partition coefficient (Wildman–Crippen LogP) is 4.39. The van der Waals surface area contributed by atoms with E-state index in [1.165, 1.54) is 36.0 Å². The molecule has 0 spiro atoms. The minimum absolute atomic E-state index is 0.127. The Balaban J connectivity index is 1.70. The SMILES string of the molecule is Cc1ccc(C2SCCN2C(=O)NC2CCCCC2)c(C)c1. The van der Waals surface area contributed by atoms with Gasteiger partial charge in [0.25, 0.3) is 0 Å².